The lowest BCUT2D eigenvalue weighted by Crippen LogP contribution is -2.35. The van der Waals surface area contributed by atoms with Crippen molar-refractivity contribution in [2.24, 2.45) is 0 Å². The number of nitrogens with zero attached hydrogens (tertiary/aromatic N) is 1. The van der Waals surface area contributed by atoms with Gasteiger partial charge in [0, 0.05) is 19.1 Å². The SMILES string of the molecule is CN(CC(F)F)c1ccc(CNC(C)(C)C)cc1F. The Kier molecular flexibility index (Phi) is 5.23. The molecular formula is C14H21F3N2. The normalized spacial score (nSPS) is 12.0. The zero-order chi connectivity index (χ0) is 14.6. The maximum absolute atomic E-state index is 13.9. The smallest absolute Gasteiger partial charge is 0.255 e. The molecule has 0 heterocycles. The summed E-state index contributed by atoms with van der Waals surface area (Å²) < 4.78 is 38.4. The van der Waals surface area contributed by atoms with Crippen LogP contribution in [0.2, 0.25) is 0 Å². The molecule has 2 nitrogen and oxygen atoms in total. The van der Waals surface area contributed by atoms with Crippen LogP contribution in [0.25, 0.3) is 0 Å². The largest absolute Gasteiger partial charge is 0.367 e. The Morgan fingerprint density at radius 2 is 1.89 bits per heavy atom. The molecule has 1 aromatic rings. The minimum atomic E-state index is -2.48. The van der Waals surface area contributed by atoms with E-state index in [1.807, 2.05) is 20.8 Å². The Hall–Kier alpha value is -1.23. The van der Waals surface area contributed by atoms with Crippen molar-refractivity contribution in [2.45, 2.75) is 39.3 Å². The maximum Gasteiger partial charge on any atom is 0.255 e. The first-order valence-electron chi connectivity index (χ1n) is 6.22. The first kappa shape index (κ1) is 15.8. The number of anilines is 1. The number of hydrogen-bond acceptors (Lipinski definition) is 2. The van der Waals surface area contributed by atoms with Crippen LogP contribution in [-0.4, -0.2) is 25.6 Å². The summed E-state index contributed by atoms with van der Waals surface area (Å²) in [7, 11) is 1.46. The minimum absolute atomic E-state index is 0.0540. The maximum atomic E-state index is 13.9. The third kappa shape index (κ3) is 5.51. The molecule has 0 radical (unpaired) electrons. The molecule has 0 bridgehead atoms. The van der Waals surface area contributed by atoms with Crippen LogP contribution in [0.15, 0.2) is 18.2 Å². The van der Waals surface area contributed by atoms with Crippen LogP contribution >= 0.6 is 0 Å². The summed E-state index contributed by atoms with van der Waals surface area (Å²) in [6, 6.07) is 4.67. The fourth-order valence-corrected chi connectivity index (χ4v) is 1.64. The average molecular weight is 274 g/mol. The van der Waals surface area contributed by atoms with Crippen molar-refractivity contribution in [2.75, 3.05) is 18.5 Å². The second-order valence-electron chi connectivity index (χ2n) is 5.66. The molecule has 0 aliphatic carbocycles. The monoisotopic (exact) mass is 274 g/mol. The van der Waals surface area contributed by atoms with Gasteiger partial charge in [-0.3, -0.25) is 0 Å². The molecule has 0 saturated carbocycles. The highest BCUT2D eigenvalue weighted by Gasteiger charge is 2.14. The predicted molar refractivity (Wildman–Crippen MR) is 72.3 cm³/mol. The highest BCUT2D eigenvalue weighted by atomic mass is 19.3. The fourth-order valence-electron chi connectivity index (χ4n) is 1.64. The van der Waals surface area contributed by atoms with Crippen LogP contribution in [0.3, 0.4) is 0 Å². The van der Waals surface area contributed by atoms with Gasteiger partial charge in [-0.05, 0) is 38.5 Å². The van der Waals surface area contributed by atoms with Gasteiger partial charge in [-0.1, -0.05) is 6.07 Å². The molecule has 0 fully saturated rings. The van der Waals surface area contributed by atoms with Gasteiger partial charge in [0.15, 0.2) is 0 Å². The number of benzene rings is 1. The Morgan fingerprint density at radius 3 is 2.37 bits per heavy atom. The number of hydrogen-bond donors (Lipinski definition) is 1. The lowest BCUT2D eigenvalue weighted by molar-refractivity contribution is 0.156. The van der Waals surface area contributed by atoms with E-state index in [2.05, 4.69) is 5.32 Å². The van der Waals surface area contributed by atoms with E-state index in [9.17, 15) is 13.2 Å². The molecule has 108 valence electrons. The minimum Gasteiger partial charge on any atom is -0.367 e. The van der Waals surface area contributed by atoms with Gasteiger partial charge in [-0.2, -0.15) is 0 Å². The molecule has 0 aromatic heterocycles. The standard InChI is InChI=1S/C14H21F3N2/c1-14(2,3)18-8-10-5-6-12(11(15)7-10)19(4)9-13(16)17/h5-7,13,18H,8-9H2,1-4H3. The van der Waals surface area contributed by atoms with Crippen molar-refractivity contribution < 1.29 is 13.2 Å². The summed E-state index contributed by atoms with van der Waals surface area (Å²) in [6.07, 6.45) is -2.48. The van der Waals surface area contributed by atoms with Crippen molar-refractivity contribution in [3.63, 3.8) is 0 Å². The first-order valence-corrected chi connectivity index (χ1v) is 6.22. The third-order valence-corrected chi connectivity index (χ3v) is 2.66. The van der Waals surface area contributed by atoms with Gasteiger partial charge >= 0.3 is 0 Å². The van der Waals surface area contributed by atoms with Crippen LogP contribution in [0.4, 0.5) is 18.9 Å². The van der Waals surface area contributed by atoms with Crippen LogP contribution in [-0.2, 0) is 6.54 Å². The lowest BCUT2D eigenvalue weighted by atomic mass is 10.1. The topological polar surface area (TPSA) is 15.3 Å². The molecule has 0 atom stereocenters. The average Bonchev–Trinajstić information content (AvgIpc) is 2.24. The van der Waals surface area contributed by atoms with Crippen LogP contribution in [0.1, 0.15) is 26.3 Å². The zero-order valence-corrected chi connectivity index (χ0v) is 11.8. The molecule has 0 saturated heterocycles. The van der Waals surface area contributed by atoms with Gasteiger partial charge in [0.05, 0.1) is 12.2 Å². The second kappa shape index (κ2) is 6.28. The number of alkyl halides is 2. The molecule has 0 unspecified atom stereocenters. The van der Waals surface area contributed by atoms with E-state index in [-0.39, 0.29) is 11.2 Å². The molecular weight excluding hydrogens is 253 g/mol. The molecule has 1 aromatic carbocycles. The molecule has 0 aliphatic rings. The van der Waals surface area contributed by atoms with Crippen LogP contribution in [0.5, 0.6) is 0 Å². The Labute approximate surface area is 112 Å². The highest BCUT2D eigenvalue weighted by Crippen LogP contribution is 2.20. The fraction of sp³-hybridized carbons (Fsp3) is 0.571. The molecule has 1 N–H and O–H groups in total. The van der Waals surface area contributed by atoms with Gasteiger partial charge in [-0.25, -0.2) is 13.2 Å². The molecule has 0 amide bonds. The van der Waals surface area contributed by atoms with Crippen LogP contribution < -0.4 is 10.2 Å². The van der Waals surface area contributed by atoms with Crippen molar-refractivity contribution in [1.82, 2.24) is 5.32 Å². The van der Waals surface area contributed by atoms with E-state index in [0.717, 1.165) is 5.56 Å². The molecule has 19 heavy (non-hydrogen) atoms. The second-order valence-corrected chi connectivity index (χ2v) is 5.66. The van der Waals surface area contributed by atoms with E-state index >= 15 is 0 Å². The number of halogens is 3. The summed E-state index contributed by atoms with van der Waals surface area (Å²) in [4.78, 5) is 1.22. The van der Waals surface area contributed by atoms with E-state index in [0.29, 0.717) is 6.54 Å². The third-order valence-electron chi connectivity index (χ3n) is 2.66. The van der Waals surface area contributed by atoms with Crippen molar-refractivity contribution in [3.8, 4) is 0 Å². The van der Waals surface area contributed by atoms with Gasteiger partial charge in [0.25, 0.3) is 6.43 Å². The molecule has 0 aliphatic heterocycles. The number of rotatable bonds is 5. The summed E-state index contributed by atoms with van der Waals surface area (Å²) in [5.41, 5.74) is 0.933. The van der Waals surface area contributed by atoms with E-state index in [1.165, 1.54) is 24.1 Å². The van der Waals surface area contributed by atoms with E-state index in [1.54, 1.807) is 6.07 Å². The van der Waals surface area contributed by atoms with E-state index < -0.39 is 18.8 Å². The van der Waals surface area contributed by atoms with Gasteiger partial charge in [-0.15, -0.1) is 0 Å². The van der Waals surface area contributed by atoms with Crippen LogP contribution in [0, 0.1) is 5.82 Å². The summed E-state index contributed by atoms with van der Waals surface area (Å²) in [5, 5.41) is 3.25. The summed E-state index contributed by atoms with van der Waals surface area (Å²) in [6.45, 7) is 6.13. The van der Waals surface area contributed by atoms with Gasteiger partial charge in [0.1, 0.15) is 5.82 Å². The van der Waals surface area contributed by atoms with Gasteiger partial charge in [0.2, 0.25) is 0 Å². The highest BCUT2D eigenvalue weighted by molar-refractivity contribution is 5.48. The first-order chi connectivity index (χ1) is 8.69. The quantitative estimate of drug-likeness (QED) is 0.885. The Morgan fingerprint density at radius 1 is 1.26 bits per heavy atom. The van der Waals surface area contributed by atoms with Crippen molar-refractivity contribution in [3.05, 3.63) is 29.6 Å². The molecule has 1 rings (SSSR count). The molecule has 0 spiro atoms. The molecule has 5 heteroatoms. The van der Waals surface area contributed by atoms with Gasteiger partial charge < -0.3 is 10.2 Å². The van der Waals surface area contributed by atoms with Crippen molar-refractivity contribution >= 4 is 5.69 Å². The Balaban J connectivity index is 2.74. The predicted octanol–water partition coefficient (Wildman–Crippen LogP) is 3.42. The summed E-state index contributed by atoms with van der Waals surface area (Å²) >= 11 is 0. The Bertz CT molecular complexity index is 414. The lowest BCUT2D eigenvalue weighted by Gasteiger charge is -2.22. The van der Waals surface area contributed by atoms with Crippen molar-refractivity contribution in [1.29, 1.82) is 0 Å². The zero-order valence-electron chi connectivity index (χ0n) is 11.8. The number of nitrogens with one attached hydrogen (secondary N) is 1. The van der Waals surface area contributed by atoms with E-state index in [4.69, 9.17) is 0 Å². The summed E-state index contributed by atoms with van der Waals surface area (Å²) in [5.74, 6) is -0.476.